The molecule has 3 rings (SSSR count). The molecular weight excluding hydrogens is 468 g/mol. The molecule has 1 aromatic heterocycles. The number of rotatable bonds is 10. The second kappa shape index (κ2) is 10.8. The van der Waals surface area contributed by atoms with Crippen LogP contribution in [0.3, 0.4) is 0 Å². The minimum Gasteiger partial charge on any atom is -0.497 e. The molecule has 0 spiro atoms. The van der Waals surface area contributed by atoms with Crippen LogP contribution in [-0.2, 0) is 14.8 Å². The predicted molar refractivity (Wildman–Crippen MR) is 128 cm³/mol. The van der Waals surface area contributed by atoms with Crippen LogP contribution in [0.1, 0.15) is 13.8 Å². The summed E-state index contributed by atoms with van der Waals surface area (Å²) < 4.78 is 33.7. The second-order valence-corrected chi connectivity index (χ2v) is 11.3. The zero-order valence-electron chi connectivity index (χ0n) is 17.9. The number of carbonyl (C=O) groups is 1. The van der Waals surface area contributed by atoms with E-state index in [1.54, 1.807) is 54.2 Å². The fourth-order valence-corrected chi connectivity index (χ4v) is 5.82. The average Bonchev–Trinajstić information content (AvgIpc) is 3.23. The molecule has 0 radical (unpaired) electrons. The summed E-state index contributed by atoms with van der Waals surface area (Å²) in [6.45, 7) is 3.78. The van der Waals surface area contributed by atoms with Gasteiger partial charge in [-0.15, -0.1) is 10.2 Å². The average molecular weight is 493 g/mol. The SMILES string of the molecule is COc1cccc(N(CC(=O)Nc2nnc(SCC(C)C)s2)S(=O)(=O)c2ccccc2)c1. The van der Waals surface area contributed by atoms with Crippen molar-refractivity contribution >= 4 is 49.8 Å². The number of nitrogens with zero attached hydrogens (tertiary/aromatic N) is 3. The van der Waals surface area contributed by atoms with E-state index >= 15 is 0 Å². The van der Waals surface area contributed by atoms with Crippen LogP contribution >= 0.6 is 23.1 Å². The molecule has 2 aromatic carbocycles. The lowest BCUT2D eigenvalue weighted by molar-refractivity contribution is -0.114. The summed E-state index contributed by atoms with van der Waals surface area (Å²) in [5.41, 5.74) is 0.314. The number of aromatic nitrogens is 2. The molecule has 1 heterocycles. The van der Waals surface area contributed by atoms with E-state index in [0.717, 1.165) is 14.4 Å². The number of nitrogens with one attached hydrogen (secondary N) is 1. The van der Waals surface area contributed by atoms with E-state index in [2.05, 4.69) is 29.4 Å². The molecule has 0 atom stereocenters. The molecule has 0 unspecified atom stereocenters. The van der Waals surface area contributed by atoms with Crippen molar-refractivity contribution in [3.63, 3.8) is 0 Å². The molecule has 0 saturated carbocycles. The maximum Gasteiger partial charge on any atom is 0.264 e. The third kappa shape index (κ3) is 6.21. The Morgan fingerprint density at radius 2 is 1.91 bits per heavy atom. The quantitative estimate of drug-likeness (QED) is 0.335. The van der Waals surface area contributed by atoms with Crippen molar-refractivity contribution < 1.29 is 17.9 Å². The molecule has 0 saturated heterocycles. The van der Waals surface area contributed by atoms with Gasteiger partial charge in [0.25, 0.3) is 10.0 Å². The highest BCUT2D eigenvalue weighted by atomic mass is 32.2. The molecule has 1 N–H and O–H groups in total. The van der Waals surface area contributed by atoms with Gasteiger partial charge in [-0.3, -0.25) is 14.4 Å². The second-order valence-electron chi connectivity index (χ2n) is 7.15. The summed E-state index contributed by atoms with van der Waals surface area (Å²) in [4.78, 5) is 12.9. The van der Waals surface area contributed by atoms with Crippen LogP contribution in [0, 0.1) is 5.92 Å². The number of benzene rings is 2. The minimum atomic E-state index is -4.00. The van der Waals surface area contributed by atoms with Gasteiger partial charge in [0.15, 0.2) is 4.34 Å². The number of hydrogen-bond donors (Lipinski definition) is 1. The Morgan fingerprint density at radius 1 is 1.16 bits per heavy atom. The first-order valence-corrected chi connectivity index (χ1v) is 13.0. The third-order valence-corrected chi connectivity index (χ3v) is 8.34. The van der Waals surface area contributed by atoms with Gasteiger partial charge in [0.1, 0.15) is 12.3 Å². The number of hydrogen-bond acceptors (Lipinski definition) is 8. The fourth-order valence-electron chi connectivity index (χ4n) is 2.65. The standard InChI is InChI=1S/C21H24N4O4S3/c1-15(2)14-30-21-24-23-20(31-21)22-19(26)13-25(16-8-7-9-17(12-16)29-3)32(27,28)18-10-5-4-6-11-18/h4-12,15H,13-14H2,1-3H3,(H,22,23,26). The van der Waals surface area contributed by atoms with Crippen LogP contribution in [0.15, 0.2) is 63.8 Å². The van der Waals surface area contributed by atoms with Crippen LogP contribution < -0.4 is 14.4 Å². The highest BCUT2D eigenvalue weighted by Gasteiger charge is 2.27. The van der Waals surface area contributed by atoms with Crippen LogP contribution in [0.5, 0.6) is 5.75 Å². The lowest BCUT2D eigenvalue weighted by Gasteiger charge is -2.24. The van der Waals surface area contributed by atoms with Gasteiger partial charge < -0.3 is 4.74 Å². The number of ether oxygens (including phenoxy) is 1. The Labute approximate surface area is 196 Å². The molecule has 0 aliphatic carbocycles. The zero-order chi connectivity index (χ0) is 23.1. The van der Waals surface area contributed by atoms with E-state index in [9.17, 15) is 13.2 Å². The van der Waals surface area contributed by atoms with E-state index in [1.807, 2.05) is 0 Å². The largest absolute Gasteiger partial charge is 0.497 e. The molecule has 11 heteroatoms. The number of sulfonamides is 1. The summed E-state index contributed by atoms with van der Waals surface area (Å²) in [6, 6.07) is 14.5. The number of thioether (sulfide) groups is 1. The summed E-state index contributed by atoms with van der Waals surface area (Å²) >= 11 is 2.82. The van der Waals surface area contributed by atoms with Crippen molar-refractivity contribution in [3.05, 3.63) is 54.6 Å². The first kappa shape index (κ1) is 24.0. The lowest BCUT2D eigenvalue weighted by Crippen LogP contribution is -2.38. The van der Waals surface area contributed by atoms with Crippen LogP contribution in [0.25, 0.3) is 0 Å². The predicted octanol–water partition coefficient (Wildman–Crippen LogP) is 4.13. The van der Waals surface area contributed by atoms with Crippen molar-refractivity contribution in [1.82, 2.24) is 10.2 Å². The molecule has 8 nitrogen and oxygen atoms in total. The summed E-state index contributed by atoms with van der Waals surface area (Å²) in [5.74, 6) is 1.35. The van der Waals surface area contributed by atoms with E-state index in [1.165, 1.54) is 30.6 Å². The van der Waals surface area contributed by atoms with Gasteiger partial charge in [0.05, 0.1) is 17.7 Å². The Bertz CT molecular complexity index is 1150. The summed E-state index contributed by atoms with van der Waals surface area (Å²) in [5, 5.41) is 11.0. The fraction of sp³-hybridized carbons (Fsp3) is 0.286. The summed E-state index contributed by atoms with van der Waals surface area (Å²) in [6.07, 6.45) is 0. The Kier molecular flexibility index (Phi) is 8.10. The smallest absolute Gasteiger partial charge is 0.264 e. The molecule has 0 bridgehead atoms. The normalized spacial score (nSPS) is 11.4. The molecule has 3 aromatic rings. The van der Waals surface area contributed by atoms with Gasteiger partial charge in [0.2, 0.25) is 11.0 Å². The monoisotopic (exact) mass is 492 g/mol. The molecule has 170 valence electrons. The van der Waals surface area contributed by atoms with Gasteiger partial charge in [-0.25, -0.2) is 8.42 Å². The van der Waals surface area contributed by atoms with Crippen molar-refractivity contribution in [2.24, 2.45) is 5.92 Å². The van der Waals surface area contributed by atoms with Crippen molar-refractivity contribution in [2.45, 2.75) is 23.1 Å². The van der Waals surface area contributed by atoms with E-state index in [0.29, 0.717) is 22.5 Å². The van der Waals surface area contributed by atoms with Gasteiger partial charge >= 0.3 is 0 Å². The molecule has 0 aliphatic rings. The van der Waals surface area contributed by atoms with Crippen LogP contribution in [0.4, 0.5) is 10.8 Å². The highest BCUT2D eigenvalue weighted by Crippen LogP contribution is 2.29. The Hall–Kier alpha value is -2.63. The van der Waals surface area contributed by atoms with Gasteiger partial charge in [-0.05, 0) is 30.2 Å². The summed E-state index contributed by atoms with van der Waals surface area (Å²) in [7, 11) is -2.51. The van der Waals surface area contributed by atoms with Gasteiger partial charge in [-0.1, -0.05) is 61.2 Å². The number of anilines is 2. The van der Waals surface area contributed by atoms with Crippen LogP contribution in [0.2, 0.25) is 0 Å². The Balaban J connectivity index is 1.83. The van der Waals surface area contributed by atoms with Crippen molar-refractivity contribution in [1.29, 1.82) is 0 Å². The van der Waals surface area contributed by atoms with E-state index < -0.39 is 22.5 Å². The zero-order valence-corrected chi connectivity index (χ0v) is 20.3. The molecule has 1 amide bonds. The highest BCUT2D eigenvalue weighted by molar-refractivity contribution is 8.01. The van der Waals surface area contributed by atoms with Gasteiger partial charge in [0, 0.05) is 11.8 Å². The molecule has 32 heavy (non-hydrogen) atoms. The Morgan fingerprint density at radius 3 is 2.59 bits per heavy atom. The minimum absolute atomic E-state index is 0.0823. The maximum absolute atomic E-state index is 13.3. The first-order chi connectivity index (χ1) is 15.3. The molecule has 0 fully saturated rings. The number of methoxy groups -OCH3 is 1. The molecular formula is C21H24N4O4S3. The topological polar surface area (TPSA) is 101 Å². The van der Waals surface area contributed by atoms with Crippen molar-refractivity contribution in [3.8, 4) is 5.75 Å². The van der Waals surface area contributed by atoms with E-state index in [-0.39, 0.29) is 4.90 Å². The maximum atomic E-state index is 13.3. The van der Waals surface area contributed by atoms with E-state index in [4.69, 9.17) is 4.74 Å². The first-order valence-electron chi connectivity index (χ1n) is 9.77. The van der Waals surface area contributed by atoms with Crippen molar-refractivity contribution in [2.75, 3.05) is 29.0 Å². The van der Waals surface area contributed by atoms with Gasteiger partial charge in [-0.2, -0.15) is 0 Å². The molecule has 0 aliphatic heterocycles. The number of carbonyl (C=O) groups excluding carboxylic acids is 1. The number of amides is 1. The third-order valence-electron chi connectivity index (χ3n) is 4.15. The van der Waals surface area contributed by atoms with Crippen LogP contribution in [-0.4, -0.2) is 43.9 Å². The lowest BCUT2D eigenvalue weighted by atomic mass is 10.3.